The van der Waals surface area contributed by atoms with E-state index in [0.29, 0.717) is 6.54 Å². The second-order valence-electron chi connectivity index (χ2n) is 5.27. The summed E-state index contributed by atoms with van der Waals surface area (Å²) in [6, 6.07) is 14.0. The third-order valence-electron chi connectivity index (χ3n) is 3.60. The minimum atomic E-state index is -0.280. The summed E-state index contributed by atoms with van der Waals surface area (Å²) in [7, 11) is 0. The van der Waals surface area contributed by atoms with Gasteiger partial charge in [-0.15, -0.1) is 0 Å². The van der Waals surface area contributed by atoms with Crippen LogP contribution in [0.2, 0.25) is 0 Å². The van der Waals surface area contributed by atoms with Crippen molar-refractivity contribution in [2.24, 2.45) is 0 Å². The molecule has 1 unspecified atom stereocenters. The molecule has 0 fully saturated rings. The van der Waals surface area contributed by atoms with Gasteiger partial charge in [0.05, 0.1) is 6.04 Å². The van der Waals surface area contributed by atoms with Gasteiger partial charge < -0.3 is 10.6 Å². The predicted molar refractivity (Wildman–Crippen MR) is 86.0 cm³/mol. The lowest BCUT2D eigenvalue weighted by molar-refractivity contribution is 0.237. The molecule has 2 rings (SSSR count). The average molecular weight is 300 g/mol. The van der Waals surface area contributed by atoms with E-state index in [9.17, 15) is 9.18 Å². The summed E-state index contributed by atoms with van der Waals surface area (Å²) in [4.78, 5) is 11.9. The number of halogens is 1. The molecule has 0 bridgehead atoms. The molecular formula is C18H21FN2O. The van der Waals surface area contributed by atoms with Gasteiger partial charge in [-0.1, -0.05) is 43.3 Å². The number of hydrogen-bond donors (Lipinski definition) is 2. The van der Waals surface area contributed by atoms with Gasteiger partial charge in [-0.3, -0.25) is 0 Å². The number of urea groups is 1. The largest absolute Gasteiger partial charge is 0.334 e. The molecule has 116 valence electrons. The van der Waals surface area contributed by atoms with Crippen LogP contribution in [-0.4, -0.2) is 6.03 Å². The highest BCUT2D eigenvalue weighted by Crippen LogP contribution is 2.13. The van der Waals surface area contributed by atoms with Gasteiger partial charge in [0.25, 0.3) is 0 Å². The first-order chi connectivity index (χ1) is 10.6. The summed E-state index contributed by atoms with van der Waals surface area (Å²) in [5.74, 6) is -0.280. The normalized spacial score (nSPS) is 11.8. The van der Waals surface area contributed by atoms with Crippen molar-refractivity contribution in [2.45, 2.75) is 32.9 Å². The van der Waals surface area contributed by atoms with Crippen molar-refractivity contribution in [3.8, 4) is 0 Å². The molecule has 2 amide bonds. The fraction of sp³-hybridized carbons (Fsp3) is 0.278. The minimum Gasteiger partial charge on any atom is -0.334 e. The van der Waals surface area contributed by atoms with Crippen molar-refractivity contribution in [1.29, 1.82) is 0 Å². The summed E-state index contributed by atoms with van der Waals surface area (Å²) in [6.07, 6.45) is 1.00. The highest BCUT2D eigenvalue weighted by atomic mass is 19.1. The standard InChI is InChI=1S/C18H21FN2O/c1-3-14-4-8-16(9-5-14)13(2)21-18(22)20-12-15-6-10-17(19)11-7-15/h4-11,13H,3,12H2,1-2H3,(H2,20,21,22). The van der Waals surface area contributed by atoms with Crippen LogP contribution in [0.15, 0.2) is 48.5 Å². The summed E-state index contributed by atoms with van der Waals surface area (Å²) in [5, 5.41) is 5.66. The van der Waals surface area contributed by atoms with Gasteiger partial charge in [0.15, 0.2) is 0 Å². The first kappa shape index (κ1) is 16.0. The molecule has 2 aromatic carbocycles. The van der Waals surface area contributed by atoms with E-state index in [1.54, 1.807) is 12.1 Å². The Kier molecular flexibility index (Phi) is 5.53. The summed E-state index contributed by atoms with van der Waals surface area (Å²) < 4.78 is 12.8. The maximum Gasteiger partial charge on any atom is 0.315 e. The van der Waals surface area contributed by atoms with Crippen LogP contribution in [0.4, 0.5) is 9.18 Å². The van der Waals surface area contributed by atoms with E-state index in [1.165, 1.54) is 17.7 Å². The van der Waals surface area contributed by atoms with Gasteiger partial charge in [-0.25, -0.2) is 9.18 Å². The molecule has 0 aliphatic heterocycles. The van der Waals surface area contributed by atoms with Crippen molar-refractivity contribution in [1.82, 2.24) is 10.6 Å². The van der Waals surface area contributed by atoms with Crippen LogP contribution in [0, 0.1) is 5.82 Å². The number of benzene rings is 2. The molecule has 0 spiro atoms. The molecule has 0 aliphatic carbocycles. The summed E-state index contributed by atoms with van der Waals surface area (Å²) >= 11 is 0. The molecule has 2 N–H and O–H groups in total. The monoisotopic (exact) mass is 300 g/mol. The molecule has 4 heteroatoms. The number of nitrogens with one attached hydrogen (secondary N) is 2. The van der Waals surface area contributed by atoms with Crippen LogP contribution in [0.3, 0.4) is 0 Å². The lowest BCUT2D eigenvalue weighted by Gasteiger charge is -2.15. The van der Waals surface area contributed by atoms with Crippen LogP contribution < -0.4 is 10.6 Å². The van der Waals surface area contributed by atoms with E-state index in [1.807, 2.05) is 19.1 Å². The number of carbonyl (C=O) groups is 1. The zero-order valence-corrected chi connectivity index (χ0v) is 12.9. The number of carbonyl (C=O) groups excluding carboxylic acids is 1. The van der Waals surface area contributed by atoms with Crippen molar-refractivity contribution < 1.29 is 9.18 Å². The number of rotatable bonds is 5. The van der Waals surface area contributed by atoms with E-state index in [0.717, 1.165) is 17.5 Å². The van der Waals surface area contributed by atoms with E-state index in [2.05, 4.69) is 29.7 Å². The molecule has 0 saturated heterocycles. The van der Waals surface area contributed by atoms with Gasteiger partial charge in [0.2, 0.25) is 0 Å². The lowest BCUT2D eigenvalue weighted by Crippen LogP contribution is -2.36. The lowest BCUT2D eigenvalue weighted by atomic mass is 10.1. The molecular weight excluding hydrogens is 279 g/mol. The number of amides is 2. The molecule has 1 atom stereocenters. The molecule has 2 aromatic rings. The SMILES string of the molecule is CCc1ccc(C(C)NC(=O)NCc2ccc(F)cc2)cc1. The van der Waals surface area contributed by atoms with Crippen LogP contribution in [-0.2, 0) is 13.0 Å². The predicted octanol–water partition coefficient (Wildman–Crippen LogP) is 3.95. The Labute approximate surface area is 130 Å². The van der Waals surface area contributed by atoms with Crippen molar-refractivity contribution in [3.63, 3.8) is 0 Å². The Hall–Kier alpha value is -2.36. The second-order valence-corrected chi connectivity index (χ2v) is 5.27. The Morgan fingerprint density at radius 2 is 1.64 bits per heavy atom. The quantitative estimate of drug-likeness (QED) is 0.862. The smallest absolute Gasteiger partial charge is 0.315 e. The van der Waals surface area contributed by atoms with Gasteiger partial charge >= 0.3 is 6.03 Å². The zero-order valence-electron chi connectivity index (χ0n) is 12.9. The van der Waals surface area contributed by atoms with Crippen molar-refractivity contribution in [2.75, 3.05) is 0 Å². The molecule has 0 aromatic heterocycles. The zero-order chi connectivity index (χ0) is 15.9. The molecule has 0 saturated carbocycles. The Bertz CT molecular complexity index is 608. The Balaban J connectivity index is 1.83. The molecule has 0 heterocycles. The first-order valence-corrected chi connectivity index (χ1v) is 7.46. The highest BCUT2D eigenvalue weighted by molar-refractivity contribution is 5.74. The van der Waals surface area contributed by atoms with Crippen molar-refractivity contribution in [3.05, 3.63) is 71.0 Å². The Morgan fingerprint density at radius 3 is 2.23 bits per heavy atom. The molecule has 0 radical (unpaired) electrons. The van der Waals surface area contributed by atoms with Gasteiger partial charge in [0, 0.05) is 6.54 Å². The van der Waals surface area contributed by atoms with Crippen molar-refractivity contribution >= 4 is 6.03 Å². The Morgan fingerprint density at radius 1 is 1.05 bits per heavy atom. The summed E-state index contributed by atoms with van der Waals surface area (Å²) in [5.41, 5.74) is 3.20. The molecule has 22 heavy (non-hydrogen) atoms. The molecule has 0 aliphatic rings. The van der Waals surface area contributed by atoms with E-state index < -0.39 is 0 Å². The highest BCUT2D eigenvalue weighted by Gasteiger charge is 2.09. The maximum absolute atomic E-state index is 12.8. The van der Waals surface area contributed by atoms with Crippen LogP contribution in [0.1, 0.15) is 36.6 Å². The average Bonchev–Trinajstić information content (AvgIpc) is 2.54. The van der Waals surface area contributed by atoms with E-state index >= 15 is 0 Å². The van der Waals surface area contributed by atoms with Crippen LogP contribution in [0.5, 0.6) is 0 Å². The van der Waals surface area contributed by atoms with E-state index in [-0.39, 0.29) is 17.9 Å². The van der Waals surface area contributed by atoms with Crippen LogP contribution >= 0.6 is 0 Å². The molecule has 3 nitrogen and oxygen atoms in total. The fourth-order valence-electron chi connectivity index (χ4n) is 2.16. The fourth-order valence-corrected chi connectivity index (χ4v) is 2.16. The van der Waals surface area contributed by atoms with E-state index in [4.69, 9.17) is 0 Å². The topological polar surface area (TPSA) is 41.1 Å². The summed E-state index contributed by atoms with van der Waals surface area (Å²) in [6.45, 7) is 4.42. The first-order valence-electron chi connectivity index (χ1n) is 7.46. The third kappa shape index (κ3) is 4.58. The number of aryl methyl sites for hydroxylation is 1. The van der Waals surface area contributed by atoms with Gasteiger partial charge in [-0.05, 0) is 42.2 Å². The van der Waals surface area contributed by atoms with Crippen LogP contribution in [0.25, 0.3) is 0 Å². The van der Waals surface area contributed by atoms with Gasteiger partial charge in [0.1, 0.15) is 5.82 Å². The van der Waals surface area contributed by atoms with Gasteiger partial charge in [-0.2, -0.15) is 0 Å². The minimum absolute atomic E-state index is 0.0703. The second kappa shape index (κ2) is 7.59. The maximum atomic E-state index is 12.8. The number of hydrogen-bond acceptors (Lipinski definition) is 1. The third-order valence-corrected chi connectivity index (χ3v) is 3.60.